The zero-order chi connectivity index (χ0) is 13.8. The van der Waals surface area contributed by atoms with Gasteiger partial charge in [0, 0.05) is 0 Å². The monoisotopic (exact) mass is 258 g/mol. The largest absolute Gasteiger partial charge is 0.465 e. The molecule has 0 aromatic heterocycles. The highest BCUT2D eigenvalue weighted by atomic mass is 16.5. The number of fused-ring (bicyclic) bond motifs is 1. The highest BCUT2D eigenvalue weighted by molar-refractivity contribution is 6.04. The van der Waals surface area contributed by atoms with Gasteiger partial charge in [-0.2, -0.15) is 0 Å². The van der Waals surface area contributed by atoms with Crippen LogP contribution in [0.5, 0.6) is 0 Å². The quantitative estimate of drug-likeness (QED) is 0.854. The highest BCUT2D eigenvalue weighted by Crippen LogP contribution is 2.25. The number of aliphatic hydroxyl groups excluding tert-OH is 1. The molecule has 0 bridgehead atoms. The van der Waals surface area contributed by atoms with Crippen LogP contribution in [-0.2, 0) is 4.74 Å². The molecule has 3 heteroatoms. The predicted molar refractivity (Wildman–Crippen MR) is 75.2 cm³/mol. The van der Waals surface area contributed by atoms with Crippen molar-refractivity contribution in [3.8, 4) is 0 Å². The van der Waals surface area contributed by atoms with Crippen LogP contribution in [0.2, 0.25) is 0 Å². The summed E-state index contributed by atoms with van der Waals surface area (Å²) in [5.41, 5.74) is 1.44. The number of esters is 1. The summed E-state index contributed by atoms with van der Waals surface area (Å²) < 4.78 is 4.77. The average Bonchev–Trinajstić information content (AvgIpc) is 2.45. The minimum absolute atomic E-state index is 0.340. The lowest BCUT2D eigenvalue weighted by atomic mass is 9.98. The summed E-state index contributed by atoms with van der Waals surface area (Å²) in [6.45, 7) is 2.04. The number of methoxy groups -OCH3 is 1. The topological polar surface area (TPSA) is 46.5 Å². The standard InChI is InChI=1S/C16H18O3/c1-3-5-15(17)12-8-9-13-11(10-12)6-4-7-14(13)16(18)19-2/h4,6-10,15,17H,3,5H2,1-2H3/t15-/m1/s1. The molecular weight excluding hydrogens is 240 g/mol. The maximum Gasteiger partial charge on any atom is 0.338 e. The first-order valence-electron chi connectivity index (χ1n) is 6.46. The molecule has 2 aromatic rings. The van der Waals surface area contributed by atoms with Crippen molar-refractivity contribution < 1.29 is 14.6 Å². The summed E-state index contributed by atoms with van der Waals surface area (Å²) in [7, 11) is 1.38. The van der Waals surface area contributed by atoms with Gasteiger partial charge in [0.15, 0.2) is 0 Å². The highest BCUT2D eigenvalue weighted by Gasteiger charge is 2.12. The molecule has 0 aliphatic rings. The molecule has 0 spiro atoms. The minimum atomic E-state index is -0.448. The Bertz CT molecular complexity index is 590. The molecular formula is C16H18O3. The third-order valence-corrected chi connectivity index (χ3v) is 3.26. The summed E-state index contributed by atoms with van der Waals surface area (Å²) in [5.74, 6) is -0.340. The number of rotatable bonds is 4. The molecule has 1 N–H and O–H groups in total. The van der Waals surface area contributed by atoms with E-state index >= 15 is 0 Å². The van der Waals surface area contributed by atoms with Crippen molar-refractivity contribution in [3.05, 3.63) is 47.5 Å². The second-order valence-electron chi connectivity index (χ2n) is 4.58. The third-order valence-electron chi connectivity index (χ3n) is 3.26. The lowest BCUT2D eigenvalue weighted by Gasteiger charge is -2.11. The van der Waals surface area contributed by atoms with Gasteiger partial charge in [-0.3, -0.25) is 0 Å². The van der Waals surface area contributed by atoms with Gasteiger partial charge in [0.2, 0.25) is 0 Å². The van der Waals surface area contributed by atoms with Crippen LogP contribution in [0.25, 0.3) is 10.8 Å². The number of aliphatic hydroxyl groups is 1. The SMILES string of the molecule is CCC[C@@H](O)c1ccc2c(C(=O)OC)cccc2c1. The van der Waals surface area contributed by atoms with Crippen LogP contribution in [0, 0.1) is 0 Å². The molecule has 0 saturated carbocycles. The molecule has 0 aliphatic carbocycles. The molecule has 100 valence electrons. The van der Waals surface area contributed by atoms with Crippen LogP contribution in [0.3, 0.4) is 0 Å². The molecule has 3 nitrogen and oxygen atoms in total. The molecule has 2 aromatic carbocycles. The summed E-state index contributed by atoms with van der Waals surface area (Å²) in [4.78, 5) is 11.7. The van der Waals surface area contributed by atoms with Gasteiger partial charge in [-0.1, -0.05) is 37.6 Å². The lowest BCUT2D eigenvalue weighted by molar-refractivity contribution is 0.0603. The van der Waals surface area contributed by atoms with E-state index in [1.165, 1.54) is 7.11 Å². The summed E-state index contributed by atoms with van der Waals surface area (Å²) in [5, 5.41) is 11.8. The van der Waals surface area contributed by atoms with Crippen molar-refractivity contribution in [2.24, 2.45) is 0 Å². The van der Waals surface area contributed by atoms with E-state index in [2.05, 4.69) is 0 Å². The fourth-order valence-electron chi connectivity index (χ4n) is 2.24. The first-order valence-corrected chi connectivity index (χ1v) is 6.46. The second-order valence-corrected chi connectivity index (χ2v) is 4.58. The normalized spacial score (nSPS) is 12.4. The number of carbonyl (C=O) groups is 1. The Balaban J connectivity index is 2.48. The third kappa shape index (κ3) is 2.76. The molecule has 0 heterocycles. The molecule has 0 fully saturated rings. The van der Waals surface area contributed by atoms with Crippen LogP contribution in [0.1, 0.15) is 41.8 Å². The van der Waals surface area contributed by atoms with Crippen molar-refractivity contribution in [3.63, 3.8) is 0 Å². The molecule has 0 amide bonds. The van der Waals surface area contributed by atoms with E-state index in [-0.39, 0.29) is 5.97 Å². The number of hydrogen-bond donors (Lipinski definition) is 1. The molecule has 0 radical (unpaired) electrons. The average molecular weight is 258 g/mol. The minimum Gasteiger partial charge on any atom is -0.465 e. The van der Waals surface area contributed by atoms with Gasteiger partial charge in [-0.15, -0.1) is 0 Å². The smallest absolute Gasteiger partial charge is 0.338 e. The fourth-order valence-corrected chi connectivity index (χ4v) is 2.24. The maximum atomic E-state index is 11.7. The molecule has 0 aliphatic heterocycles. The number of benzene rings is 2. The van der Waals surface area contributed by atoms with E-state index in [4.69, 9.17) is 4.74 Å². The van der Waals surface area contributed by atoms with E-state index in [1.54, 1.807) is 6.07 Å². The van der Waals surface area contributed by atoms with E-state index in [9.17, 15) is 9.90 Å². The fraction of sp³-hybridized carbons (Fsp3) is 0.312. The number of carbonyl (C=O) groups excluding carboxylic acids is 1. The predicted octanol–water partition coefficient (Wildman–Crippen LogP) is 3.46. The van der Waals surface area contributed by atoms with Crippen molar-refractivity contribution >= 4 is 16.7 Å². The van der Waals surface area contributed by atoms with Crippen molar-refractivity contribution in [1.82, 2.24) is 0 Å². The number of hydrogen-bond acceptors (Lipinski definition) is 3. The molecule has 0 saturated heterocycles. The van der Waals surface area contributed by atoms with Gasteiger partial charge in [0.25, 0.3) is 0 Å². The Hall–Kier alpha value is -1.87. The van der Waals surface area contributed by atoms with Crippen LogP contribution in [-0.4, -0.2) is 18.2 Å². The Kier molecular flexibility index (Phi) is 4.17. The first-order chi connectivity index (χ1) is 9.17. The van der Waals surface area contributed by atoms with E-state index in [0.717, 1.165) is 29.2 Å². The van der Waals surface area contributed by atoms with Gasteiger partial charge >= 0.3 is 5.97 Å². The van der Waals surface area contributed by atoms with Gasteiger partial charge in [-0.25, -0.2) is 4.79 Å². The number of ether oxygens (including phenoxy) is 1. The van der Waals surface area contributed by atoms with Gasteiger partial charge in [0.1, 0.15) is 0 Å². The van der Waals surface area contributed by atoms with E-state index in [0.29, 0.717) is 5.56 Å². The maximum absolute atomic E-state index is 11.7. The van der Waals surface area contributed by atoms with Gasteiger partial charge in [0.05, 0.1) is 18.8 Å². The van der Waals surface area contributed by atoms with Crippen LogP contribution >= 0.6 is 0 Å². The molecule has 0 unspecified atom stereocenters. The first kappa shape index (κ1) is 13.6. The van der Waals surface area contributed by atoms with E-state index < -0.39 is 6.10 Å². The van der Waals surface area contributed by atoms with Crippen molar-refractivity contribution in [2.45, 2.75) is 25.9 Å². The van der Waals surface area contributed by atoms with Crippen LogP contribution in [0.4, 0.5) is 0 Å². The Morgan fingerprint density at radius 3 is 2.79 bits per heavy atom. The Morgan fingerprint density at radius 2 is 2.11 bits per heavy atom. The van der Waals surface area contributed by atoms with E-state index in [1.807, 2.05) is 37.3 Å². The second kappa shape index (κ2) is 5.85. The van der Waals surface area contributed by atoms with Crippen LogP contribution in [0.15, 0.2) is 36.4 Å². The van der Waals surface area contributed by atoms with Gasteiger partial charge < -0.3 is 9.84 Å². The zero-order valence-electron chi connectivity index (χ0n) is 11.2. The molecule has 19 heavy (non-hydrogen) atoms. The van der Waals surface area contributed by atoms with Crippen molar-refractivity contribution in [1.29, 1.82) is 0 Å². The summed E-state index contributed by atoms with van der Waals surface area (Å²) >= 11 is 0. The summed E-state index contributed by atoms with van der Waals surface area (Å²) in [6, 6.07) is 11.2. The molecule has 2 rings (SSSR count). The zero-order valence-corrected chi connectivity index (χ0v) is 11.2. The van der Waals surface area contributed by atoms with Crippen molar-refractivity contribution in [2.75, 3.05) is 7.11 Å². The molecule has 1 atom stereocenters. The Labute approximate surface area is 112 Å². The Morgan fingerprint density at radius 1 is 1.32 bits per heavy atom. The lowest BCUT2D eigenvalue weighted by Crippen LogP contribution is -2.02. The van der Waals surface area contributed by atoms with Crippen LogP contribution < -0.4 is 0 Å². The summed E-state index contributed by atoms with van der Waals surface area (Å²) in [6.07, 6.45) is 1.22. The van der Waals surface area contributed by atoms with Gasteiger partial charge in [-0.05, 0) is 34.9 Å².